The number of nitrogens with one attached hydrogen (secondary N) is 1. The molecule has 0 saturated heterocycles. The van der Waals surface area contributed by atoms with Crippen LogP contribution in [0, 0.1) is 20.8 Å². The number of aryl methyl sites for hydroxylation is 2. The van der Waals surface area contributed by atoms with Crippen molar-refractivity contribution in [3.8, 4) is 5.82 Å². The number of rotatable bonds is 6. The Morgan fingerprint density at radius 1 is 1.35 bits per heavy atom. The molecule has 0 aromatic carbocycles. The number of carboxylic acids is 1. The zero-order valence-corrected chi connectivity index (χ0v) is 13.7. The minimum Gasteiger partial charge on any atom is -0.481 e. The first kappa shape index (κ1) is 16.8. The van der Waals surface area contributed by atoms with Crippen LogP contribution in [0.25, 0.3) is 5.82 Å². The quantitative estimate of drug-likeness (QED) is 0.852. The molecule has 1 atom stereocenters. The van der Waals surface area contributed by atoms with Gasteiger partial charge in [0, 0.05) is 29.9 Å². The highest BCUT2D eigenvalue weighted by Crippen LogP contribution is 2.20. The fourth-order valence-electron chi connectivity index (χ4n) is 2.52. The van der Waals surface area contributed by atoms with Crippen LogP contribution < -0.4 is 5.32 Å². The number of amides is 1. The molecule has 0 aliphatic rings. The van der Waals surface area contributed by atoms with Crippen LogP contribution in [0.2, 0.25) is 0 Å². The van der Waals surface area contributed by atoms with Gasteiger partial charge in [0.15, 0.2) is 5.82 Å². The standard InChI is InChI=1S/C16H21N3O4/c1-9(5-6-15(20)21)17-16(22)13-7-10(2)19(12(13)4)14-8-11(3)23-18-14/h7-9H,5-6H2,1-4H3,(H,17,22)(H,20,21). The lowest BCUT2D eigenvalue weighted by atomic mass is 10.1. The zero-order valence-electron chi connectivity index (χ0n) is 13.7. The molecule has 0 saturated carbocycles. The van der Waals surface area contributed by atoms with Gasteiger partial charge in [-0.15, -0.1) is 0 Å². The summed E-state index contributed by atoms with van der Waals surface area (Å²) in [5.74, 6) is 0.240. The van der Waals surface area contributed by atoms with Crippen LogP contribution in [0.3, 0.4) is 0 Å². The Morgan fingerprint density at radius 2 is 2.04 bits per heavy atom. The number of carbonyl (C=O) groups is 2. The number of carbonyl (C=O) groups excluding carboxylic acids is 1. The number of hydrogen-bond donors (Lipinski definition) is 2. The van der Waals surface area contributed by atoms with Gasteiger partial charge >= 0.3 is 5.97 Å². The molecular weight excluding hydrogens is 298 g/mol. The lowest BCUT2D eigenvalue weighted by Gasteiger charge is -2.12. The lowest BCUT2D eigenvalue weighted by molar-refractivity contribution is -0.137. The maximum Gasteiger partial charge on any atom is 0.303 e. The fourth-order valence-corrected chi connectivity index (χ4v) is 2.52. The van der Waals surface area contributed by atoms with E-state index in [0.717, 1.165) is 11.4 Å². The highest BCUT2D eigenvalue weighted by atomic mass is 16.5. The molecule has 0 fully saturated rings. The van der Waals surface area contributed by atoms with E-state index in [-0.39, 0.29) is 18.4 Å². The van der Waals surface area contributed by atoms with Gasteiger partial charge in [-0.25, -0.2) is 0 Å². The number of carboxylic acid groups (broad SMARTS) is 1. The fraction of sp³-hybridized carbons (Fsp3) is 0.438. The summed E-state index contributed by atoms with van der Waals surface area (Å²) in [6.45, 7) is 7.33. The van der Waals surface area contributed by atoms with Crippen molar-refractivity contribution in [3.05, 3.63) is 34.8 Å². The van der Waals surface area contributed by atoms with Crippen molar-refractivity contribution < 1.29 is 19.2 Å². The first-order valence-electron chi connectivity index (χ1n) is 7.45. The van der Waals surface area contributed by atoms with Gasteiger partial charge < -0.3 is 14.9 Å². The second-order valence-electron chi connectivity index (χ2n) is 5.72. The van der Waals surface area contributed by atoms with Crippen molar-refractivity contribution in [2.45, 2.75) is 46.6 Å². The summed E-state index contributed by atoms with van der Waals surface area (Å²) in [7, 11) is 0. The summed E-state index contributed by atoms with van der Waals surface area (Å²) in [4.78, 5) is 23.0. The Hall–Kier alpha value is -2.57. The highest BCUT2D eigenvalue weighted by Gasteiger charge is 2.19. The molecule has 2 rings (SSSR count). The van der Waals surface area contributed by atoms with Gasteiger partial charge in [-0.3, -0.25) is 14.2 Å². The van der Waals surface area contributed by atoms with Crippen LogP contribution in [0.15, 0.2) is 16.7 Å². The highest BCUT2D eigenvalue weighted by molar-refractivity contribution is 5.96. The first-order chi connectivity index (χ1) is 10.8. The number of aliphatic carboxylic acids is 1. The van der Waals surface area contributed by atoms with Crippen molar-refractivity contribution in [1.29, 1.82) is 0 Å². The van der Waals surface area contributed by atoms with Crippen molar-refractivity contribution >= 4 is 11.9 Å². The van der Waals surface area contributed by atoms with Gasteiger partial charge in [0.05, 0.1) is 5.56 Å². The largest absolute Gasteiger partial charge is 0.481 e. The van der Waals surface area contributed by atoms with Crippen LogP contribution >= 0.6 is 0 Å². The maximum atomic E-state index is 12.4. The van der Waals surface area contributed by atoms with Crippen LogP contribution in [0.5, 0.6) is 0 Å². The summed E-state index contributed by atoms with van der Waals surface area (Å²) in [5.41, 5.74) is 2.18. The molecule has 7 nitrogen and oxygen atoms in total. The Labute approximate surface area is 134 Å². The van der Waals surface area contributed by atoms with E-state index in [9.17, 15) is 9.59 Å². The van der Waals surface area contributed by atoms with Crippen molar-refractivity contribution in [2.24, 2.45) is 0 Å². The molecule has 124 valence electrons. The molecule has 2 N–H and O–H groups in total. The number of aromatic nitrogens is 2. The van der Waals surface area contributed by atoms with Gasteiger partial charge in [0.2, 0.25) is 0 Å². The molecular formula is C16H21N3O4. The van der Waals surface area contributed by atoms with Gasteiger partial charge in [0.1, 0.15) is 5.76 Å². The molecule has 0 aliphatic heterocycles. The van der Waals surface area contributed by atoms with Crippen LogP contribution in [0.1, 0.15) is 47.3 Å². The zero-order chi connectivity index (χ0) is 17.1. The molecule has 1 amide bonds. The minimum absolute atomic E-state index is 0.0265. The molecule has 0 aliphatic carbocycles. The average Bonchev–Trinajstić information content (AvgIpc) is 3.00. The predicted octanol–water partition coefficient (Wildman–Crippen LogP) is 2.37. The van der Waals surface area contributed by atoms with Crippen LogP contribution in [0.4, 0.5) is 0 Å². The molecule has 2 aromatic rings. The Bertz CT molecular complexity index is 730. The topological polar surface area (TPSA) is 97.4 Å². The smallest absolute Gasteiger partial charge is 0.303 e. The third kappa shape index (κ3) is 3.80. The Morgan fingerprint density at radius 3 is 2.61 bits per heavy atom. The van der Waals surface area contributed by atoms with Crippen molar-refractivity contribution in [1.82, 2.24) is 15.0 Å². The molecule has 1 unspecified atom stereocenters. The number of nitrogens with zero attached hydrogens (tertiary/aromatic N) is 2. The van der Waals surface area contributed by atoms with Crippen molar-refractivity contribution in [2.75, 3.05) is 0 Å². The SMILES string of the molecule is Cc1cc(-n2c(C)cc(C(=O)NC(C)CCC(=O)O)c2C)no1. The van der Waals surface area contributed by atoms with E-state index in [1.807, 2.05) is 25.3 Å². The second-order valence-corrected chi connectivity index (χ2v) is 5.72. The molecule has 0 bridgehead atoms. The van der Waals surface area contributed by atoms with Crippen LogP contribution in [-0.4, -0.2) is 32.7 Å². The summed E-state index contributed by atoms with van der Waals surface area (Å²) >= 11 is 0. The van der Waals surface area contributed by atoms with E-state index >= 15 is 0 Å². The number of hydrogen-bond acceptors (Lipinski definition) is 4. The minimum atomic E-state index is -0.870. The third-order valence-corrected chi connectivity index (χ3v) is 3.69. The molecule has 23 heavy (non-hydrogen) atoms. The van der Waals surface area contributed by atoms with Crippen LogP contribution in [-0.2, 0) is 4.79 Å². The Balaban J connectivity index is 2.17. The van der Waals surface area contributed by atoms with Gasteiger partial charge in [0.25, 0.3) is 5.91 Å². The second kappa shape index (κ2) is 6.68. The van der Waals surface area contributed by atoms with Gasteiger partial charge in [-0.05, 0) is 40.2 Å². The summed E-state index contributed by atoms with van der Waals surface area (Å²) < 4.78 is 6.95. The van der Waals surface area contributed by atoms with E-state index in [2.05, 4.69) is 10.5 Å². The molecule has 0 spiro atoms. The third-order valence-electron chi connectivity index (χ3n) is 3.69. The molecule has 2 aromatic heterocycles. The van der Waals surface area contributed by atoms with Gasteiger partial charge in [-0.1, -0.05) is 5.16 Å². The first-order valence-corrected chi connectivity index (χ1v) is 7.45. The van der Waals surface area contributed by atoms with E-state index in [0.29, 0.717) is 23.6 Å². The molecule has 0 radical (unpaired) electrons. The summed E-state index contributed by atoms with van der Waals surface area (Å²) in [6.07, 6.45) is 0.418. The average molecular weight is 319 g/mol. The van der Waals surface area contributed by atoms with E-state index < -0.39 is 5.97 Å². The summed E-state index contributed by atoms with van der Waals surface area (Å²) in [6, 6.07) is 3.38. The predicted molar refractivity (Wildman–Crippen MR) is 83.8 cm³/mol. The van der Waals surface area contributed by atoms with Gasteiger partial charge in [-0.2, -0.15) is 0 Å². The summed E-state index contributed by atoms with van der Waals surface area (Å²) in [5, 5.41) is 15.5. The monoisotopic (exact) mass is 319 g/mol. The molecule has 2 heterocycles. The van der Waals surface area contributed by atoms with E-state index in [1.54, 1.807) is 19.1 Å². The van der Waals surface area contributed by atoms with E-state index in [4.69, 9.17) is 9.63 Å². The maximum absolute atomic E-state index is 12.4. The molecule has 7 heteroatoms. The Kier molecular flexibility index (Phi) is 4.88. The van der Waals surface area contributed by atoms with E-state index in [1.165, 1.54) is 0 Å². The normalized spacial score (nSPS) is 12.2. The van der Waals surface area contributed by atoms with Crippen molar-refractivity contribution in [3.63, 3.8) is 0 Å². The lowest BCUT2D eigenvalue weighted by Crippen LogP contribution is -2.33.